The van der Waals surface area contributed by atoms with Crippen LogP contribution in [0.15, 0.2) is 4.99 Å². The van der Waals surface area contributed by atoms with Gasteiger partial charge in [0.05, 0.1) is 12.7 Å². The zero-order valence-corrected chi connectivity index (χ0v) is 22.7. The minimum atomic E-state index is -0.441. The summed E-state index contributed by atoms with van der Waals surface area (Å²) in [6.45, 7) is 13.9. The number of hydrogen-bond acceptors (Lipinski definition) is 6. The molecule has 1 amide bonds. The summed E-state index contributed by atoms with van der Waals surface area (Å²) in [6.07, 6.45) is 4.32. The lowest BCUT2D eigenvalue weighted by Crippen LogP contribution is -2.50. The van der Waals surface area contributed by atoms with Crippen molar-refractivity contribution in [1.82, 2.24) is 20.4 Å². The van der Waals surface area contributed by atoms with E-state index >= 15 is 0 Å². The lowest BCUT2D eigenvalue weighted by Gasteiger charge is -2.35. The van der Waals surface area contributed by atoms with Crippen molar-refractivity contribution < 1.29 is 19.0 Å². The van der Waals surface area contributed by atoms with Gasteiger partial charge in [0.25, 0.3) is 0 Å². The minimum absolute atomic E-state index is 0. The summed E-state index contributed by atoms with van der Waals surface area (Å²) in [5.41, 5.74) is -0.441. The number of guanidine groups is 1. The highest BCUT2D eigenvalue weighted by molar-refractivity contribution is 14.0. The van der Waals surface area contributed by atoms with Gasteiger partial charge in [-0.25, -0.2) is 4.79 Å². The highest BCUT2D eigenvalue weighted by Gasteiger charge is 2.25. The predicted molar refractivity (Wildman–Crippen MR) is 138 cm³/mol. The number of halogens is 1. The molecule has 2 heterocycles. The molecular weight excluding hydrogens is 525 g/mol. The van der Waals surface area contributed by atoms with Gasteiger partial charge in [0, 0.05) is 59.5 Å². The van der Waals surface area contributed by atoms with Crippen molar-refractivity contribution in [2.75, 3.05) is 72.7 Å². The Morgan fingerprint density at radius 3 is 2.41 bits per heavy atom. The summed E-state index contributed by atoms with van der Waals surface area (Å²) in [5, 5.41) is 6.69. The van der Waals surface area contributed by atoms with E-state index < -0.39 is 5.60 Å². The Labute approximate surface area is 211 Å². The molecule has 188 valence electrons. The molecule has 2 rings (SSSR count). The normalized spacial score (nSPS) is 20.1. The van der Waals surface area contributed by atoms with Crippen LogP contribution in [0.1, 0.15) is 46.5 Å². The van der Waals surface area contributed by atoms with Crippen LogP contribution < -0.4 is 10.6 Å². The van der Waals surface area contributed by atoms with Crippen molar-refractivity contribution in [2.24, 2.45) is 4.99 Å². The molecule has 2 N–H and O–H groups in total. The first kappa shape index (κ1) is 29.2. The van der Waals surface area contributed by atoms with E-state index in [1.54, 1.807) is 11.9 Å². The molecule has 1 unspecified atom stereocenters. The molecule has 0 aromatic heterocycles. The predicted octanol–water partition coefficient (Wildman–Crippen LogP) is 2.30. The van der Waals surface area contributed by atoms with Crippen molar-refractivity contribution in [1.29, 1.82) is 0 Å². The summed E-state index contributed by atoms with van der Waals surface area (Å²) in [5.74, 6) is 0.828. The summed E-state index contributed by atoms with van der Waals surface area (Å²) in [6, 6.07) is 0. The highest BCUT2D eigenvalue weighted by atomic mass is 127. The standard InChI is InChI=1S/C22H43N5O4.HI/c1-22(2,3)31-21(28)27-14-12-26(13-15-27)11-6-9-24-20(23-4)25-10-7-16-29-18-19-8-5-17-30-19;/h19H,5-18H2,1-4H3,(H2,23,24,25);1H. The fourth-order valence-corrected chi connectivity index (χ4v) is 3.58. The first-order valence-electron chi connectivity index (χ1n) is 11.7. The fraction of sp³-hybridized carbons (Fsp3) is 0.909. The van der Waals surface area contributed by atoms with Crippen molar-refractivity contribution in [3.8, 4) is 0 Å². The highest BCUT2D eigenvalue weighted by Crippen LogP contribution is 2.12. The number of hydrogen-bond donors (Lipinski definition) is 2. The maximum absolute atomic E-state index is 12.1. The van der Waals surface area contributed by atoms with Gasteiger partial charge in [-0.1, -0.05) is 0 Å². The Balaban J connectivity index is 0.00000512. The van der Waals surface area contributed by atoms with Crippen LogP contribution in [0.3, 0.4) is 0 Å². The third-order valence-corrected chi connectivity index (χ3v) is 5.28. The van der Waals surface area contributed by atoms with Gasteiger partial charge >= 0.3 is 6.09 Å². The SMILES string of the molecule is CN=C(NCCCOCC1CCCO1)NCCCN1CCN(C(=O)OC(C)(C)C)CC1.I. The van der Waals surface area contributed by atoms with Crippen LogP contribution in [-0.4, -0.2) is 106 Å². The second-order valence-corrected chi connectivity index (χ2v) is 9.15. The second-order valence-electron chi connectivity index (χ2n) is 9.15. The average molecular weight is 570 g/mol. The number of aliphatic imine (C=N–C) groups is 1. The van der Waals surface area contributed by atoms with E-state index in [0.29, 0.717) is 12.7 Å². The largest absolute Gasteiger partial charge is 0.444 e. The van der Waals surface area contributed by atoms with E-state index in [1.807, 2.05) is 20.8 Å². The van der Waals surface area contributed by atoms with Gasteiger partial charge in [0.2, 0.25) is 0 Å². The van der Waals surface area contributed by atoms with Crippen LogP contribution >= 0.6 is 24.0 Å². The molecule has 2 aliphatic rings. The molecule has 1 atom stereocenters. The van der Waals surface area contributed by atoms with Gasteiger partial charge in [0.1, 0.15) is 5.60 Å². The molecule has 9 nitrogen and oxygen atoms in total. The van der Waals surface area contributed by atoms with Gasteiger partial charge in [-0.15, -0.1) is 24.0 Å². The van der Waals surface area contributed by atoms with Crippen molar-refractivity contribution in [3.05, 3.63) is 0 Å². The number of nitrogens with zero attached hydrogens (tertiary/aromatic N) is 3. The number of carbonyl (C=O) groups is 1. The number of nitrogens with one attached hydrogen (secondary N) is 2. The van der Waals surface area contributed by atoms with Gasteiger partial charge in [-0.05, 0) is 53.0 Å². The molecular formula is C22H44IN5O4. The van der Waals surface area contributed by atoms with Crippen LogP contribution in [0.25, 0.3) is 0 Å². The first-order chi connectivity index (χ1) is 14.9. The molecule has 0 aromatic rings. The Bertz CT molecular complexity index is 545. The third-order valence-electron chi connectivity index (χ3n) is 5.28. The van der Waals surface area contributed by atoms with Crippen molar-refractivity contribution >= 4 is 36.0 Å². The topological polar surface area (TPSA) is 87.7 Å². The molecule has 0 aromatic carbocycles. The molecule has 0 bridgehead atoms. The maximum atomic E-state index is 12.1. The molecule has 0 radical (unpaired) electrons. The number of rotatable bonds is 10. The smallest absolute Gasteiger partial charge is 0.410 e. The van der Waals surface area contributed by atoms with Crippen LogP contribution in [0.2, 0.25) is 0 Å². The summed E-state index contributed by atoms with van der Waals surface area (Å²) < 4.78 is 16.7. The van der Waals surface area contributed by atoms with E-state index in [9.17, 15) is 4.79 Å². The van der Waals surface area contributed by atoms with E-state index in [4.69, 9.17) is 14.2 Å². The summed E-state index contributed by atoms with van der Waals surface area (Å²) >= 11 is 0. The van der Waals surface area contributed by atoms with Crippen LogP contribution in [0, 0.1) is 0 Å². The number of ether oxygens (including phenoxy) is 3. The third kappa shape index (κ3) is 12.4. The second kappa shape index (κ2) is 15.9. The van der Waals surface area contributed by atoms with Crippen LogP contribution in [0.4, 0.5) is 4.79 Å². The van der Waals surface area contributed by atoms with E-state index in [-0.39, 0.29) is 30.1 Å². The van der Waals surface area contributed by atoms with Crippen LogP contribution in [-0.2, 0) is 14.2 Å². The van der Waals surface area contributed by atoms with Gasteiger partial charge in [0.15, 0.2) is 5.96 Å². The lowest BCUT2D eigenvalue weighted by atomic mass is 10.2. The summed E-state index contributed by atoms with van der Waals surface area (Å²) in [4.78, 5) is 20.6. The van der Waals surface area contributed by atoms with Gasteiger partial charge < -0.3 is 29.7 Å². The van der Waals surface area contributed by atoms with Crippen molar-refractivity contribution in [3.63, 3.8) is 0 Å². The Hall–Kier alpha value is -0.850. The maximum Gasteiger partial charge on any atom is 0.410 e. The van der Waals surface area contributed by atoms with E-state index in [2.05, 4.69) is 20.5 Å². The lowest BCUT2D eigenvalue weighted by molar-refractivity contribution is 0.0145. The van der Waals surface area contributed by atoms with Crippen molar-refractivity contribution in [2.45, 2.75) is 58.2 Å². The molecule has 2 saturated heterocycles. The first-order valence-corrected chi connectivity index (χ1v) is 11.7. The van der Waals surface area contributed by atoms with E-state index in [1.165, 1.54) is 0 Å². The quantitative estimate of drug-likeness (QED) is 0.181. The van der Waals surface area contributed by atoms with Crippen LogP contribution in [0.5, 0.6) is 0 Å². The molecule has 2 aliphatic heterocycles. The average Bonchev–Trinajstić information content (AvgIpc) is 3.24. The minimum Gasteiger partial charge on any atom is -0.444 e. The molecule has 0 spiro atoms. The Morgan fingerprint density at radius 1 is 1.12 bits per heavy atom. The molecule has 10 heteroatoms. The van der Waals surface area contributed by atoms with Gasteiger partial charge in [-0.2, -0.15) is 0 Å². The van der Waals surface area contributed by atoms with E-state index in [0.717, 1.165) is 90.7 Å². The summed E-state index contributed by atoms with van der Waals surface area (Å²) in [7, 11) is 1.79. The zero-order chi connectivity index (χ0) is 22.5. The zero-order valence-electron chi connectivity index (χ0n) is 20.4. The number of amides is 1. The molecule has 2 fully saturated rings. The Kier molecular flexibility index (Phi) is 14.5. The number of carbonyl (C=O) groups excluding carboxylic acids is 1. The molecule has 0 aliphatic carbocycles. The fourth-order valence-electron chi connectivity index (χ4n) is 3.58. The molecule has 32 heavy (non-hydrogen) atoms. The number of piperazine rings is 1. The van der Waals surface area contributed by atoms with Gasteiger partial charge in [-0.3, -0.25) is 9.89 Å². The monoisotopic (exact) mass is 569 g/mol. The molecule has 0 saturated carbocycles. The Morgan fingerprint density at radius 2 is 1.81 bits per heavy atom.